The normalized spacial score (nSPS) is 10.8. The average molecular weight is 254 g/mol. The number of benzene rings is 1. The largest absolute Gasteiger partial charge is 0.424 e. The Bertz CT molecular complexity index is 720. The molecule has 0 bridgehead atoms. The Hall–Kier alpha value is -2.56. The summed E-state index contributed by atoms with van der Waals surface area (Å²) in [7, 11) is 0. The Morgan fingerprint density at radius 3 is 3.05 bits per heavy atom. The molecule has 2 aromatic heterocycles. The summed E-state index contributed by atoms with van der Waals surface area (Å²) in [5.74, 6) is 0. The molecule has 0 fully saturated rings. The molecule has 5 heteroatoms. The van der Waals surface area contributed by atoms with Crippen LogP contribution in [-0.2, 0) is 6.54 Å². The van der Waals surface area contributed by atoms with Gasteiger partial charge in [-0.25, -0.2) is 0 Å². The molecule has 0 saturated heterocycles. The van der Waals surface area contributed by atoms with Crippen molar-refractivity contribution in [3.8, 4) is 0 Å². The lowest BCUT2D eigenvalue weighted by molar-refractivity contribution is 0.614. The van der Waals surface area contributed by atoms with Crippen molar-refractivity contribution in [2.45, 2.75) is 13.5 Å². The number of aromatic nitrogens is 2. The van der Waals surface area contributed by atoms with Gasteiger partial charge >= 0.3 is 0 Å². The number of nitrogens with one attached hydrogen (secondary N) is 1. The number of fused-ring (bicyclic) bond motifs is 1. The number of hydrogen-bond acceptors (Lipinski definition) is 5. The fourth-order valence-corrected chi connectivity index (χ4v) is 1.89. The van der Waals surface area contributed by atoms with Gasteiger partial charge in [0.1, 0.15) is 5.52 Å². The van der Waals surface area contributed by atoms with Crippen molar-refractivity contribution >= 4 is 22.8 Å². The molecule has 3 N–H and O–H groups in total. The van der Waals surface area contributed by atoms with Crippen molar-refractivity contribution in [1.82, 2.24) is 9.97 Å². The Morgan fingerprint density at radius 1 is 1.32 bits per heavy atom. The van der Waals surface area contributed by atoms with Gasteiger partial charge in [0.2, 0.25) is 0 Å². The molecule has 0 atom stereocenters. The molecule has 2 heterocycles. The van der Waals surface area contributed by atoms with E-state index < -0.39 is 0 Å². The minimum atomic E-state index is 0.497. The lowest BCUT2D eigenvalue weighted by atomic mass is 10.2. The van der Waals surface area contributed by atoms with E-state index in [9.17, 15) is 0 Å². The average Bonchev–Trinajstić information content (AvgIpc) is 2.79. The number of pyridine rings is 1. The summed E-state index contributed by atoms with van der Waals surface area (Å²) in [6.45, 7) is 2.67. The molecule has 0 amide bonds. The number of nitrogens with zero attached hydrogens (tertiary/aromatic N) is 2. The van der Waals surface area contributed by atoms with Crippen molar-refractivity contribution in [1.29, 1.82) is 0 Å². The van der Waals surface area contributed by atoms with Gasteiger partial charge in [0, 0.05) is 24.6 Å². The predicted octanol–water partition coefficient (Wildman–Crippen LogP) is 2.73. The summed E-state index contributed by atoms with van der Waals surface area (Å²) >= 11 is 0. The number of anilines is 2. The molecule has 5 nitrogen and oxygen atoms in total. The topological polar surface area (TPSA) is 77.0 Å². The van der Waals surface area contributed by atoms with E-state index >= 15 is 0 Å². The van der Waals surface area contributed by atoms with E-state index in [1.807, 2.05) is 25.3 Å². The van der Waals surface area contributed by atoms with Gasteiger partial charge in [-0.2, -0.15) is 4.98 Å². The molecule has 0 aliphatic rings. The van der Waals surface area contributed by atoms with Crippen molar-refractivity contribution in [3.05, 3.63) is 47.8 Å². The van der Waals surface area contributed by atoms with Gasteiger partial charge in [0.25, 0.3) is 6.01 Å². The zero-order chi connectivity index (χ0) is 13.2. The van der Waals surface area contributed by atoms with Crippen LogP contribution in [0.4, 0.5) is 11.7 Å². The number of rotatable bonds is 3. The van der Waals surface area contributed by atoms with E-state index in [0.717, 1.165) is 22.2 Å². The molecular formula is C14H14N4O. The molecule has 0 aliphatic heterocycles. The van der Waals surface area contributed by atoms with E-state index in [-0.39, 0.29) is 0 Å². The zero-order valence-electron chi connectivity index (χ0n) is 10.6. The summed E-state index contributed by atoms with van der Waals surface area (Å²) in [6.07, 6.45) is 3.61. The lowest BCUT2D eigenvalue weighted by Crippen LogP contribution is -2.01. The van der Waals surface area contributed by atoms with Gasteiger partial charge in [0.05, 0.1) is 0 Å². The minimum Gasteiger partial charge on any atom is -0.424 e. The monoisotopic (exact) mass is 254 g/mol. The molecular weight excluding hydrogens is 240 g/mol. The van der Waals surface area contributed by atoms with Gasteiger partial charge in [0.15, 0.2) is 5.58 Å². The molecule has 19 heavy (non-hydrogen) atoms. The maximum atomic E-state index is 5.71. The van der Waals surface area contributed by atoms with Crippen LogP contribution in [-0.4, -0.2) is 9.97 Å². The maximum Gasteiger partial charge on any atom is 0.295 e. The van der Waals surface area contributed by atoms with Crippen LogP contribution < -0.4 is 11.1 Å². The number of aryl methyl sites for hydroxylation is 1. The fraction of sp³-hybridized carbons (Fsp3) is 0.143. The van der Waals surface area contributed by atoms with Gasteiger partial charge < -0.3 is 15.5 Å². The highest BCUT2D eigenvalue weighted by Gasteiger charge is 2.06. The second-order valence-corrected chi connectivity index (χ2v) is 4.40. The third-order valence-corrected chi connectivity index (χ3v) is 2.98. The van der Waals surface area contributed by atoms with Crippen LogP contribution in [0.5, 0.6) is 0 Å². The van der Waals surface area contributed by atoms with Crippen LogP contribution in [0, 0.1) is 6.92 Å². The van der Waals surface area contributed by atoms with Crippen LogP contribution in [0.1, 0.15) is 11.1 Å². The summed E-state index contributed by atoms with van der Waals surface area (Å²) < 4.78 is 5.59. The van der Waals surface area contributed by atoms with Gasteiger partial charge in [-0.15, -0.1) is 0 Å². The van der Waals surface area contributed by atoms with E-state index in [0.29, 0.717) is 18.2 Å². The van der Waals surface area contributed by atoms with Crippen molar-refractivity contribution in [3.63, 3.8) is 0 Å². The molecule has 1 aromatic carbocycles. The third kappa shape index (κ3) is 2.35. The van der Waals surface area contributed by atoms with Crippen LogP contribution in [0.2, 0.25) is 0 Å². The zero-order valence-corrected chi connectivity index (χ0v) is 10.6. The molecule has 0 radical (unpaired) electrons. The number of nitrogens with two attached hydrogens (primary N) is 1. The van der Waals surface area contributed by atoms with Crippen LogP contribution in [0.15, 0.2) is 41.1 Å². The van der Waals surface area contributed by atoms with Crippen LogP contribution in [0.3, 0.4) is 0 Å². The Morgan fingerprint density at radius 2 is 2.21 bits per heavy atom. The highest BCUT2D eigenvalue weighted by Crippen LogP contribution is 2.21. The smallest absolute Gasteiger partial charge is 0.295 e. The van der Waals surface area contributed by atoms with Crippen molar-refractivity contribution in [2.75, 3.05) is 11.1 Å². The first kappa shape index (κ1) is 11.5. The lowest BCUT2D eigenvalue weighted by Gasteiger charge is -2.04. The second kappa shape index (κ2) is 4.61. The summed E-state index contributed by atoms with van der Waals surface area (Å²) in [5, 5.41) is 3.16. The van der Waals surface area contributed by atoms with Crippen LogP contribution in [0.25, 0.3) is 11.1 Å². The van der Waals surface area contributed by atoms with Crippen molar-refractivity contribution in [2.24, 2.45) is 0 Å². The SMILES string of the molecule is Cc1cnccc1CNc1nc2cc(N)ccc2o1. The molecule has 0 spiro atoms. The first-order valence-electron chi connectivity index (χ1n) is 6.02. The summed E-state index contributed by atoms with van der Waals surface area (Å²) in [4.78, 5) is 8.41. The summed E-state index contributed by atoms with van der Waals surface area (Å²) in [5.41, 5.74) is 10.2. The highest BCUT2D eigenvalue weighted by molar-refractivity contribution is 5.78. The molecule has 0 aliphatic carbocycles. The van der Waals surface area contributed by atoms with E-state index in [1.165, 1.54) is 0 Å². The second-order valence-electron chi connectivity index (χ2n) is 4.40. The van der Waals surface area contributed by atoms with E-state index in [2.05, 4.69) is 15.3 Å². The van der Waals surface area contributed by atoms with E-state index in [4.69, 9.17) is 10.2 Å². The minimum absolute atomic E-state index is 0.497. The summed E-state index contributed by atoms with van der Waals surface area (Å²) in [6, 6.07) is 7.88. The third-order valence-electron chi connectivity index (χ3n) is 2.98. The quantitative estimate of drug-likeness (QED) is 0.703. The number of nitrogen functional groups attached to an aromatic ring is 1. The van der Waals surface area contributed by atoms with Crippen LogP contribution >= 0.6 is 0 Å². The Balaban J connectivity index is 1.80. The first-order valence-corrected chi connectivity index (χ1v) is 6.02. The Labute approximate surface area is 110 Å². The molecule has 96 valence electrons. The predicted molar refractivity (Wildman–Crippen MR) is 74.7 cm³/mol. The van der Waals surface area contributed by atoms with E-state index in [1.54, 1.807) is 18.3 Å². The van der Waals surface area contributed by atoms with Gasteiger partial charge in [-0.05, 0) is 42.3 Å². The maximum absolute atomic E-state index is 5.71. The number of hydrogen-bond donors (Lipinski definition) is 2. The molecule has 3 aromatic rings. The fourth-order valence-electron chi connectivity index (χ4n) is 1.89. The Kier molecular flexibility index (Phi) is 2.79. The van der Waals surface area contributed by atoms with Gasteiger partial charge in [-0.3, -0.25) is 4.98 Å². The molecule has 3 rings (SSSR count). The first-order chi connectivity index (χ1) is 9.22. The molecule has 0 saturated carbocycles. The number of oxazole rings is 1. The van der Waals surface area contributed by atoms with Crippen molar-refractivity contribution < 1.29 is 4.42 Å². The highest BCUT2D eigenvalue weighted by atomic mass is 16.4. The van der Waals surface area contributed by atoms with Gasteiger partial charge in [-0.1, -0.05) is 0 Å². The standard InChI is InChI=1S/C14H14N4O/c1-9-7-16-5-4-10(9)8-17-14-18-12-6-11(15)2-3-13(12)19-14/h2-7H,8,15H2,1H3,(H,17,18). The molecule has 0 unspecified atom stereocenters.